The normalized spacial score (nSPS) is 11.4. The number of hydrogen-bond acceptors (Lipinski definition) is 2. The molecule has 1 aromatic heterocycles. The average Bonchev–Trinajstić information content (AvgIpc) is 2.18. The van der Waals surface area contributed by atoms with Crippen LogP contribution in [-0.4, -0.2) is 5.97 Å². The largest absolute Gasteiger partial charge is 0.544 e. The Labute approximate surface area is 90.4 Å². The van der Waals surface area contributed by atoms with Gasteiger partial charge in [0, 0.05) is 12.1 Å². The summed E-state index contributed by atoms with van der Waals surface area (Å²) in [4.78, 5) is 10.4. The molecule has 3 heteroatoms. The summed E-state index contributed by atoms with van der Waals surface area (Å²) >= 11 is 0. The van der Waals surface area contributed by atoms with E-state index in [1.165, 1.54) is 5.56 Å². The fourth-order valence-electron chi connectivity index (χ4n) is 1.37. The van der Waals surface area contributed by atoms with E-state index < -0.39 is 5.97 Å². The summed E-state index contributed by atoms with van der Waals surface area (Å²) in [5, 5.41) is 10.4. The second-order valence-electron chi connectivity index (χ2n) is 4.37. The molecule has 0 saturated carbocycles. The molecule has 0 atom stereocenters. The van der Waals surface area contributed by atoms with Crippen molar-refractivity contribution in [2.45, 2.75) is 39.2 Å². The van der Waals surface area contributed by atoms with Crippen molar-refractivity contribution in [1.82, 2.24) is 0 Å². The van der Waals surface area contributed by atoms with Gasteiger partial charge in [-0.25, -0.2) is 0 Å². The fourth-order valence-corrected chi connectivity index (χ4v) is 1.37. The first-order chi connectivity index (χ1) is 6.95. The Balaban J connectivity index is 2.85. The molecule has 0 fully saturated rings. The summed E-state index contributed by atoms with van der Waals surface area (Å²) < 4.78 is 1.60. The maximum absolute atomic E-state index is 10.4. The first-order valence-electron chi connectivity index (χ1n) is 5.15. The second kappa shape index (κ2) is 4.43. The highest BCUT2D eigenvalue weighted by Crippen LogP contribution is 2.25. The highest BCUT2D eigenvalue weighted by molar-refractivity contribution is 5.62. The summed E-state index contributed by atoms with van der Waals surface area (Å²) in [5.74, 6) is -1.07. The molecule has 0 aliphatic rings. The number of nitrogens with zero attached hydrogens (tertiary/aromatic N) is 1. The second-order valence-corrected chi connectivity index (χ2v) is 4.37. The van der Waals surface area contributed by atoms with Crippen molar-refractivity contribution in [3.8, 4) is 0 Å². The van der Waals surface area contributed by atoms with Gasteiger partial charge in [-0.3, -0.25) is 0 Å². The number of rotatable bonds is 4. The van der Waals surface area contributed by atoms with Crippen LogP contribution in [0.1, 0.15) is 32.8 Å². The third kappa shape index (κ3) is 3.05. The highest BCUT2D eigenvalue weighted by Gasteiger charge is 2.18. The fraction of sp³-hybridized carbons (Fsp3) is 0.500. The number of pyridine rings is 1. The Morgan fingerprint density at radius 2 is 1.93 bits per heavy atom. The van der Waals surface area contributed by atoms with Gasteiger partial charge in [-0.1, -0.05) is 20.8 Å². The van der Waals surface area contributed by atoms with Crippen LogP contribution in [0.3, 0.4) is 0 Å². The van der Waals surface area contributed by atoms with Crippen LogP contribution in [0.25, 0.3) is 0 Å². The zero-order chi connectivity index (χ0) is 11.5. The van der Waals surface area contributed by atoms with E-state index in [0.717, 1.165) is 6.42 Å². The molecule has 0 saturated heterocycles. The minimum absolute atomic E-state index is 0.0904. The smallest absolute Gasteiger partial charge is 0.187 e. The first kappa shape index (κ1) is 11.7. The van der Waals surface area contributed by atoms with Gasteiger partial charge < -0.3 is 9.90 Å². The summed E-state index contributed by atoms with van der Waals surface area (Å²) in [6.07, 6.45) is 4.61. The van der Waals surface area contributed by atoms with Gasteiger partial charge >= 0.3 is 0 Å². The van der Waals surface area contributed by atoms with Gasteiger partial charge in [-0.2, -0.15) is 4.57 Å². The third-order valence-corrected chi connectivity index (χ3v) is 2.87. The van der Waals surface area contributed by atoms with E-state index in [-0.39, 0.29) is 12.0 Å². The van der Waals surface area contributed by atoms with Crippen LogP contribution in [0.5, 0.6) is 0 Å². The highest BCUT2D eigenvalue weighted by atomic mass is 16.4. The lowest BCUT2D eigenvalue weighted by atomic mass is 9.83. The maximum Gasteiger partial charge on any atom is 0.187 e. The third-order valence-electron chi connectivity index (χ3n) is 2.87. The molecular formula is C12H17NO2. The van der Waals surface area contributed by atoms with Gasteiger partial charge in [0.05, 0.1) is 0 Å². The Kier molecular flexibility index (Phi) is 3.45. The summed E-state index contributed by atoms with van der Waals surface area (Å²) in [7, 11) is 0. The van der Waals surface area contributed by atoms with Crippen molar-refractivity contribution in [3.05, 3.63) is 30.1 Å². The van der Waals surface area contributed by atoms with Gasteiger partial charge in [0.25, 0.3) is 0 Å². The number of hydrogen-bond donors (Lipinski definition) is 0. The van der Waals surface area contributed by atoms with Crippen molar-refractivity contribution in [1.29, 1.82) is 0 Å². The van der Waals surface area contributed by atoms with Crippen molar-refractivity contribution < 1.29 is 14.5 Å². The van der Waals surface area contributed by atoms with Crippen LogP contribution in [0.4, 0.5) is 0 Å². The number of carboxylic acids is 1. The molecule has 0 bridgehead atoms. The van der Waals surface area contributed by atoms with Crippen molar-refractivity contribution in [3.63, 3.8) is 0 Å². The Bertz CT molecular complexity index is 341. The van der Waals surface area contributed by atoms with E-state index >= 15 is 0 Å². The van der Waals surface area contributed by atoms with E-state index in [0.29, 0.717) is 0 Å². The lowest BCUT2D eigenvalue weighted by molar-refractivity contribution is -0.690. The minimum Gasteiger partial charge on any atom is -0.544 e. The monoisotopic (exact) mass is 207 g/mol. The van der Waals surface area contributed by atoms with Gasteiger partial charge in [-0.15, -0.1) is 0 Å². The average molecular weight is 207 g/mol. The van der Waals surface area contributed by atoms with Crippen LogP contribution < -0.4 is 9.67 Å². The van der Waals surface area contributed by atoms with Crippen LogP contribution in [-0.2, 0) is 16.8 Å². The number of carbonyl (C=O) groups excluding carboxylic acids is 1. The van der Waals surface area contributed by atoms with Crippen LogP contribution >= 0.6 is 0 Å². The van der Waals surface area contributed by atoms with Gasteiger partial charge in [0.2, 0.25) is 0 Å². The summed E-state index contributed by atoms with van der Waals surface area (Å²) in [6, 6.07) is 3.93. The molecule has 0 aliphatic heterocycles. The minimum atomic E-state index is -1.07. The molecule has 15 heavy (non-hydrogen) atoms. The predicted molar refractivity (Wildman–Crippen MR) is 55.0 cm³/mol. The SMILES string of the molecule is CCC(C)(C)c1cc[n+](CC(=O)[O-])cc1. The summed E-state index contributed by atoms with van der Waals surface area (Å²) in [5.41, 5.74) is 1.36. The van der Waals surface area contributed by atoms with E-state index in [1.54, 1.807) is 17.0 Å². The molecule has 0 radical (unpaired) electrons. The molecule has 0 aliphatic carbocycles. The van der Waals surface area contributed by atoms with Crippen LogP contribution in [0, 0.1) is 0 Å². The predicted octanol–water partition coefficient (Wildman–Crippen LogP) is 0.412. The van der Waals surface area contributed by atoms with Crippen molar-refractivity contribution >= 4 is 5.97 Å². The van der Waals surface area contributed by atoms with Gasteiger partial charge in [0.1, 0.15) is 5.97 Å². The molecule has 0 amide bonds. The number of aromatic nitrogens is 1. The molecule has 82 valence electrons. The maximum atomic E-state index is 10.4. The zero-order valence-corrected chi connectivity index (χ0v) is 9.49. The van der Waals surface area contributed by atoms with Crippen LogP contribution in [0.2, 0.25) is 0 Å². The molecule has 0 spiro atoms. The number of carboxylic acid groups (broad SMARTS) is 1. The molecule has 3 nitrogen and oxygen atoms in total. The first-order valence-corrected chi connectivity index (χ1v) is 5.15. The molecule has 0 unspecified atom stereocenters. The molecule has 0 aromatic carbocycles. The van der Waals surface area contributed by atoms with Crippen molar-refractivity contribution in [2.24, 2.45) is 0 Å². The Morgan fingerprint density at radius 1 is 1.40 bits per heavy atom. The quantitative estimate of drug-likeness (QED) is 0.671. The van der Waals surface area contributed by atoms with Gasteiger partial charge in [-0.05, 0) is 17.4 Å². The van der Waals surface area contributed by atoms with Crippen molar-refractivity contribution in [2.75, 3.05) is 0 Å². The van der Waals surface area contributed by atoms with E-state index in [4.69, 9.17) is 0 Å². The number of aliphatic carboxylic acids is 1. The molecule has 1 aromatic rings. The topological polar surface area (TPSA) is 44.0 Å². The standard InChI is InChI=1S/C12H17NO2/c1-4-12(2,3)10-5-7-13(8-6-10)9-11(14)15/h5-8H,4,9H2,1-3H3. The molecule has 1 heterocycles. The Morgan fingerprint density at radius 3 is 2.33 bits per heavy atom. The molecule has 1 rings (SSSR count). The van der Waals surface area contributed by atoms with Crippen LogP contribution in [0.15, 0.2) is 24.5 Å². The summed E-state index contributed by atoms with van der Waals surface area (Å²) in [6.45, 7) is 6.39. The van der Waals surface area contributed by atoms with E-state index in [9.17, 15) is 9.90 Å². The lowest BCUT2D eigenvalue weighted by Gasteiger charge is -2.22. The zero-order valence-electron chi connectivity index (χ0n) is 9.49. The molecular weight excluding hydrogens is 190 g/mol. The molecule has 0 N–H and O–H groups in total. The van der Waals surface area contributed by atoms with Gasteiger partial charge in [0.15, 0.2) is 18.9 Å². The van der Waals surface area contributed by atoms with E-state index in [2.05, 4.69) is 20.8 Å². The van der Waals surface area contributed by atoms with E-state index in [1.807, 2.05) is 12.1 Å². The lowest BCUT2D eigenvalue weighted by Crippen LogP contribution is -2.43. The number of carbonyl (C=O) groups is 1. The Hall–Kier alpha value is -1.38.